The van der Waals surface area contributed by atoms with Crippen molar-refractivity contribution in [2.24, 2.45) is 17.8 Å². The van der Waals surface area contributed by atoms with E-state index in [-0.39, 0.29) is 23.5 Å². The van der Waals surface area contributed by atoms with Crippen LogP contribution in [0.4, 0.5) is 0 Å². The summed E-state index contributed by atoms with van der Waals surface area (Å²) in [5.41, 5.74) is 1.09. The van der Waals surface area contributed by atoms with E-state index in [1.54, 1.807) is 7.11 Å². The smallest absolute Gasteiger partial charge is 0.223 e. The number of nitrogens with one attached hydrogen (secondary N) is 1. The second kappa shape index (κ2) is 8.19. The zero-order chi connectivity index (χ0) is 19.6. The van der Waals surface area contributed by atoms with Crippen molar-refractivity contribution in [3.8, 4) is 5.75 Å². The summed E-state index contributed by atoms with van der Waals surface area (Å²) in [6.07, 6.45) is 0.431. The topological polar surface area (TPSA) is 75.7 Å². The Kier molecular flexibility index (Phi) is 6.11. The van der Waals surface area contributed by atoms with Crippen LogP contribution in [0.5, 0.6) is 5.75 Å². The maximum Gasteiger partial charge on any atom is 0.223 e. The number of hydrogen-bond donors (Lipinski definition) is 1. The zero-order valence-electron chi connectivity index (χ0n) is 16.3. The monoisotopic (exact) mass is 394 g/mol. The van der Waals surface area contributed by atoms with Gasteiger partial charge in [0.25, 0.3) is 0 Å². The number of ether oxygens (including phenoxy) is 1. The zero-order valence-corrected chi connectivity index (χ0v) is 17.2. The van der Waals surface area contributed by atoms with Crippen LogP contribution in [-0.2, 0) is 21.2 Å². The second-order valence-electron chi connectivity index (χ2n) is 8.15. The molecule has 150 valence electrons. The molecule has 2 heterocycles. The van der Waals surface area contributed by atoms with Gasteiger partial charge in [-0.15, -0.1) is 0 Å². The lowest BCUT2D eigenvalue weighted by molar-refractivity contribution is -0.126. The Morgan fingerprint density at radius 3 is 2.81 bits per heavy atom. The summed E-state index contributed by atoms with van der Waals surface area (Å²) >= 11 is 0. The van der Waals surface area contributed by atoms with Gasteiger partial charge in [0, 0.05) is 38.0 Å². The Morgan fingerprint density at radius 1 is 1.33 bits per heavy atom. The van der Waals surface area contributed by atoms with Crippen LogP contribution in [0.15, 0.2) is 24.3 Å². The van der Waals surface area contributed by atoms with E-state index < -0.39 is 15.1 Å². The highest BCUT2D eigenvalue weighted by molar-refractivity contribution is 7.92. The molecule has 1 aromatic rings. The number of rotatable bonds is 6. The Balaban J connectivity index is 1.72. The third kappa shape index (κ3) is 4.63. The number of nitrogens with zero attached hydrogens (tertiary/aromatic N) is 1. The molecule has 1 aromatic carbocycles. The minimum absolute atomic E-state index is 0.0110. The third-order valence-electron chi connectivity index (χ3n) is 5.64. The van der Waals surface area contributed by atoms with E-state index in [9.17, 15) is 13.2 Å². The first kappa shape index (κ1) is 20.1. The van der Waals surface area contributed by atoms with E-state index in [4.69, 9.17) is 4.74 Å². The van der Waals surface area contributed by atoms with E-state index in [2.05, 4.69) is 24.1 Å². The van der Waals surface area contributed by atoms with Crippen LogP contribution in [-0.4, -0.2) is 57.0 Å². The minimum atomic E-state index is -3.14. The number of benzene rings is 1. The molecule has 0 saturated carbocycles. The Bertz CT molecular complexity index is 778. The molecule has 27 heavy (non-hydrogen) atoms. The quantitative estimate of drug-likeness (QED) is 0.795. The number of carbonyl (C=O) groups is 1. The van der Waals surface area contributed by atoms with Gasteiger partial charge in [-0.05, 0) is 30.0 Å². The van der Waals surface area contributed by atoms with Crippen molar-refractivity contribution in [3.05, 3.63) is 29.8 Å². The molecule has 0 radical (unpaired) electrons. The largest absolute Gasteiger partial charge is 0.497 e. The van der Waals surface area contributed by atoms with Crippen LogP contribution in [0.25, 0.3) is 0 Å². The van der Waals surface area contributed by atoms with Gasteiger partial charge < -0.3 is 10.1 Å². The predicted octanol–water partition coefficient (Wildman–Crippen LogP) is 1.70. The highest BCUT2D eigenvalue weighted by Crippen LogP contribution is 2.37. The van der Waals surface area contributed by atoms with Crippen LogP contribution >= 0.6 is 0 Å². The van der Waals surface area contributed by atoms with Crippen LogP contribution in [0.3, 0.4) is 0 Å². The van der Waals surface area contributed by atoms with Crippen LogP contribution in [0.2, 0.25) is 0 Å². The van der Waals surface area contributed by atoms with Gasteiger partial charge in [0.15, 0.2) is 9.84 Å². The molecule has 0 bridgehead atoms. The summed E-state index contributed by atoms with van der Waals surface area (Å²) < 4.78 is 30.5. The first-order chi connectivity index (χ1) is 12.8. The van der Waals surface area contributed by atoms with Crippen LogP contribution in [0.1, 0.15) is 25.8 Å². The van der Waals surface area contributed by atoms with Gasteiger partial charge in [-0.1, -0.05) is 26.0 Å². The van der Waals surface area contributed by atoms with Crippen molar-refractivity contribution in [1.82, 2.24) is 10.2 Å². The number of amides is 1. The maximum absolute atomic E-state index is 12.7. The average Bonchev–Trinajstić information content (AvgIpc) is 3.05. The SMILES string of the molecule is COc1cccc(CN2C[C@H]3[C@H](C(=O)NCC(C)C)CCS(=O)(=O)[C@H]3C2)c1. The van der Waals surface area contributed by atoms with Gasteiger partial charge in [0.1, 0.15) is 5.75 Å². The molecule has 2 aliphatic heterocycles. The molecule has 7 heteroatoms. The van der Waals surface area contributed by atoms with Gasteiger partial charge in [-0.3, -0.25) is 9.69 Å². The molecule has 3 atom stereocenters. The first-order valence-electron chi connectivity index (χ1n) is 9.64. The van der Waals surface area contributed by atoms with Crippen LogP contribution in [0, 0.1) is 17.8 Å². The van der Waals surface area contributed by atoms with Crippen molar-refractivity contribution < 1.29 is 17.9 Å². The molecular formula is C20H30N2O4S. The fourth-order valence-corrected chi connectivity index (χ4v) is 6.35. The van der Waals surface area contributed by atoms with Gasteiger partial charge >= 0.3 is 0 Å². The Labute approximate surface area is 162 Å². The summed E-state index contributed by atoms with van der Waals surface area (Å²) in [6.45, 7) is 6.55. The number of sulfone groups is 1. The fourth-order valence-electron chi connectivity index (χ4n) is 4.22. The molecular weight excluding hydrogens is 364 g/mol. The fraction of sp³-hybridized carbons (Fsp3) is 0.650. The standard InChI is InChI=1S/C20H30N2O4S/c1-14(2)10-21-20(23)17-7-8-27(24,25)19-13-22(12-18(17)19)11-15-5-4-6-16(9-15)26-3/h4-6,9,14,17-19H,7-8,10-13H2,1-3H3,(H,21,23)/t17-,18+,19+/m1/s1. The summed E-state index contributed by atoms with van der Waals surface area (Å²) in [5, 5.41) is 2.56. The van der Waals surface area contributed by atoms with Crippen LogP contribution < -0.4 is 10.1 Å². The van der Waals surface area contributed by atoms with Crippen molar-refractivity contribution in [2.75, 3.05) is 32.5 Å². The molecule has 2 saturated heterocycles. The molecule has 0 aliphatic carbocycles. The molecule has 3 rings (SSSR count). The van der Waals surface area contributed by atoms with Gasteiger partial charge in [0.05, 0.1) is 18.1 Å². The molecule has 0 unspecified atom stereocenters. The Morgan fingerprint density at radius 2 is 2.11 bits per heavy atom. The van der Waals surface area contributed by atoms with E-state index >= 15 is 0 Å². The van der Waals surface area contributed by atoms with E-state index in [0.717, 1.165) is 11.3 Å². The first-order valence-corrected chi connectivity index (χ1v) is 11.4. The van der Waals surface area contributed by atoms with Crippen molar-refractivity contribution in [1.29, 1.82) is 0 Å². The number of hydrogen-bond acceptors (Lipinski definition) is 5. The van der Waals surface area contributed by atoms with Crippen molar-refractivity contribution in [2.45, 2.75) is 32.1 Å². The number of fused-ring (bicyclic) bond motifs is 1. The molecule has 2 fully saturated rings. The highest BCUT2D eigenvalue weighted by atomic mass is 32.2. The van der Waals surface area contributed by atoms with Gasteiger partial charge in [0.2, 0.25) is 5.91 Å². The summed E-state index contributed by atoms with van der Waals surface area (Å²) in [6, 6.07) is 7.83. The maximum atomic E-state index is 12.7. The second-order valence-corrected chi connectivity index (χ2v) is 10.5. The summed E-state index contributed by atoms with van der Waals surface area (Å²) in [4.78, 5) is 14.8. The average molecular weight is 395 g/mol. The third-order valence-corrected chi connectivity index (χ3v) is 7.86. The van der Waals surface area contributed by atoms with Crippen molar-refractivity contribution >= 4 is 15.7 Å². The highest BCUT2D eigenvalue weighted by Gasteiger charge is 2.50. The normalized spacial score (nSPS) is 27.3. The predicted molar refractivity (Wildman–Crippen MR) is 105 cm³/mol. The molecule has 0 spiro atoms. The van der Waals surface area contributed by atoms with Gasteiger partial charge in [-0.25, -0.2) is 8.42 Å². The van der Waals surface area contributed by atoms with E-state index in [0.29, 0.717) is 38.5 Å². The van der Waals surface area contributed by atoms with Crippen molar-refractivity contribution in [3.63, 3.8) is 0 Å². The number of carbonyl (C=O) groups excluding carboxylic acids is 1. The Hall–Kier alpha value is -1.60. The lowest BCUT2D eigenvalue weighted by Crippen LogP contribution is -2.47. The van der Waals surface area contributed by atoms with Gasteiger partial charge in [-0.2, -0.15) is 0 Å². The minimum Gasteiger partial charge on any atom is -0.497 e. The summed E-state index contributed by atoms with van der Waals surface area (Å²) in [5.74, 6) is 0.958. The van der Waals surface area contributed by atoms with E-state index in [1.165, 1.54) is 0 Å². The molecule has 2 aliphatic rings. The lowest BCUT2D eigenvalue weighted by Gasteiger charge is -2.32. The molecule has 1 amide bonds. The van der Waals surface area contributed by atoms with E-state index in [1.807, 2.05) is 24.3 Å². The number of methoxy groups -OCH3 is 1. The number of likely N-dealkylation sites (tertiary alicyclic amines) is 1. The lowest BCUT2D eigenvalue weighted by atomic mass is 9.87. The molecule has 0 aromatic heterocycles. The summed E-state index contributed by atoms with van der Waals surface area (Å²) in [7, 11) is -1.51. The molecule has 6 nitrogen and oxygen atoms in total. The molecule has 1 N–H and O–H groups in total.